The van der Waals surface area contributed by atoms with E-state index in [4.69, 9.17) is 9.47 Å². The van der Waals surface area contributed by atoms with Crippen LogP contribution in [0.4, 0.5) is 0 Å². The van der Waals surface area contributed by atoms with E-state index < -0.39 is 0 Å². The lowest BCUT2D eigenvalue weighted by atomic mass is 9.70. The Morgan fingerprint density at radius 3 is 2.30 bits per heavy atom. The van der Waals surface area contributed by atoms with Gasteiger partial charge in [0.1, 0.15) is 5.60 Å². The van der Waals surface area contributed by atoms with E-state index in [2.05, 4.69) is 27.4 Å². The summed E-state index contributed by atoms with van der Waals surface area (Å²) in [6.07, 6.45) is 8.10. The summed E-state index contributed by atoms with van der Waals surface area (Å²) in [5.74, 6) is 0.470. The molecule has 3 rings (SSSR count). The Bertz CT molecular complexity index is 501. The van der Waals surface area contributed by atoms with E-state index in [1.807, 2.05) is 6.92 Å². The van der Waals surface area contributed by atoms with Crippen LogP contribution in [0.2, 0.25) is 0 Å². The van der Waals surface area contributed by atoms with Gasteiger partial charge in [0.2, 0.25) is 0 Å². The summed E-state index contributed by atoms with van der Waals surface area (Å²) in [7, 11) is 0. The predicted octanol–water partition coefficient (Wildman–Crippen LogP) is 4.65. The smallest absolute Gasteiger partial charge is 0.336 e. The molecule has 0 N–H and O–H groups in total. The highest BCUT2D eigenvalue weighted by Crippen LogP contribution is 2.66. The topological polar surface area (TPSA) is 35.5 Å². The van der Waals surface area contributed by atoms with Crippen molar-refractivity contribution in [3.8, 4) is 0 Å². The molecule has 0 aromatic rings. The molecule has 0 spiro atoms. The molecule has 0 saturated heterocycles. The Morgan fingerprint density at radius 2 is 1.78 bits per heavy atom. The first-order valence-corrected chi connectivity index (χ1v) is 9.21. The van der Waals surface area contributed by atoms with Gasteiger partial charge in [-0.2, -0.15) is 0 Å². The molecule has 3 heteroatoms. The Labute approximate surface area is 140 Å². The van der Waals surface area contributed by atoms with Crippen LogP contribution in [0, 0.1) is 16.7 Å². The molecule has 3 fully saturated rings. The van der Waals surface area contributed by atoms with Crippen molar-refractivity contribution in [2.75, 3.05) is 6.61 Å². The highest BCUT2D eigenvalue weighted by atomic mass is 16.6. The normalized spacial score (nSPS) is 37.0. The van der Waals surface area contributed by atoms with E-state index >= 15 is 0 Å². The number of carbonyl (C=O) groups excluding carboxylic acids is 1. The minimum atomic E-state index is -0.291. The fourth-order valence-electron chi connectivity index (χ4n) is 5.16. The van der Waals surface area contributed by atoms with Crippen LogP contribution in [0.15, 0.2) is 12.2 Å². The first-order chi connectivity index (χ1) is 10.7. The molecule has 3 atom stereocenters. The molecule has 3 saturated carbocycles. The molecular weight excluding hydrogens is 288 g/mol. The quantitative estimate of drug-likeness (QED) is 0.546. The number of rotatable bonds is 5. The van der Waals surface area contributed by atoms with Gasteiger partial charge in [-0.1, -0.05) is 27.4 Å². The summed E-state index contributed by atoms with van der Waals surface area (Å²) >= 11 is 0. The number of carbonyl (C=O) groups is 1. The largest absolute Gasteiger partial charge is 0.456 e. The van der Waals surface area contributed by atoms with Crippen LogP contribution < -0.4 is 0 Å². The van der Waals surface area contributed by atoms with Crippen LogP contribution in [0.3, 0.4) is 0 Å². The molecule has 3 nitrogen and oxygen atoms in total. The Kier molecular flexibility index (Phi) is 4.15. The molecule has 3 unspecified atom stereocenters. The minimum absolute atomic E-state index is 0.222. The highest BCUT2D eigenvalue weighted by molar-refractivity contribution is 5.88. The van der Waals surface area contributed by atoms with E-state index in [-0.39, 0.29) is 23.1 Å². The van der Waals surface area contributed by atoms with Crippen LogP contribution in [-0.4, -0.2) is 24.3 Å². The van der Waals surface area contributed by atoms with Crippen molar-refractivity contribution in [3.05, 3.63) is 12.2 Å². The zero-order chi connectivity index (χ0) is 16.9. The van der Waals surface area contributed by atoms with Gasteiger partial charge in [-0.15, -0.1) is 0 Å². The second kappa shape index (κ2) is 5.61. The zero-order valence-corrected chi connectivity index (χ0v) is 15.2. The molecule has 130 valence electrons. The van der Waals surface area contributed by atoms with Crippen molar-refractivity contribution in [1.82, 2.24) is 0 Å². The van der Waals surface area contributed by atoms with Gasteiger partial charge in [-0.25, -0.2) is 4.79 Å². The number of ether oxygens (including phenoxy) is 2. The van der Waals surface area contributed by atoms with E-state index in [1.165, 1.54) is 12.8 Å². The van der Waals surface area contributed by atoms with Crippen molar-refractivity contribution < 1.29 is 14.3 Å². The Hall–Kier alpha value is -0.830. The van der Waals surface area contributed by atoms with Crippen molar-refractivity contribution >= 4 is 5.97 Å². The van der Waals surface area contributed by atoms with Gasteiger partial charge >= 0.3 is 5.97 Å². The van der Waals surface area contributed by atoms with Crippen molar-refractivity contribution in [2.24, 2.45) is 16.7 Å². The van der Waals surface area contributed by atoms with Crippen LogP contribution in [0.5, 0.6) is 0 Å². The molecule has 3 aliphatic carbocycles. The van der Waals surface area contributed by atoms with Gasteiger partial charge in [0.05, 0.1) is 18.3 Å². The predicted molar refractivity (Wildman–Crippen MR) is 91.1 cm³/mol. The SMILES string of the molecule is C=C(COC1CC2CCC1(C)C2(C)C)C(=O)OC1(C)CCCC1. The number of hydrogen-bond donors (Lipinski definition) is 0. The monoisotopic (exact) mass is 320 g/mol. The molecule has 2 bridgehead atoms. The summed E-state index contributed by atoms with van der Waals surface area (Å²) in [5.41, 5.74) is 0.721. The molecule has 23 heavy (non-hydrogen) atoms. The lowest BCUT2D eigenvalue weighted by molar-refractivity contribution is -0.153. The maximum absolute atomic E-state index is 12.3. The van der Waals surface area contributed by atoms with Gasteiger partial charge in [0.15, 0.2) is 0 Å². The van der Waals surface area contributed by atoms with E-state index in [0.29, 0.717) is 17.6 Å². The third-order valence-corrected chi connectivity index (χ3v) is 7.46. The van der Waals surface area contributed by atoms with Gasteiger partial charge in [0, 0.05) is 0 Å². The average molecular weight is 320 g/mol. The fourth-order valence-corrected chi connectivity index (χ4v) is 5.16. The number of hydrogen-bond acceptors (Lipinski definition) is 3. The number of fused-ring (bicyclic) bond motifs is 2. The molecule has 0 aliphatic heterocycles. The summed E-state index contributed by atoms with van der Waals surface area (Å²) in [6, 6.07) is 0. The molecule has 0 aromatic heterocycles. The maximum Gasteiger partial charge on any atom is 0.336 e. The standard InChI is InChI=1S/C20H32O3/c1-14(17(21)23-19(4)9-6-7-10-19)13-22-16-12-15-8-11-20(16,5)18(15,2)3/h15-16H,1,6-13H2,2-5H3. The van der Waals surface area contributed by atoms with Crippen molar-refractivity contribution in [1.29, 1.82) is 0 Å². The lowest BCUT2D eigenvalue weighted by Gasteiger charge is -2.39. The van der Waals surface area contributed by atoms with Crippen molar-refractivity contribution in [3.63, 3.8) is 0 Å². The number of esters is 1. The first kappa shape index (κ1) is 17.0. The van der Waals surface area contributed by atoms with Crippen LogP contribution in [0.1, 0.15) is 72.6 Å². The van der Waals surface area contributed by atoms with E-state index in [1.54, 1.807) is 0 Å². The summed E-state index contributed by atoms with van der Waals surface area (Å²) in [4.78, 5) is 12.3. The molecule has 0 heterocycles. The third kappa shape index (κ3) is 2.75. The van der Waals surface area contributed by atoms with E-state index in [9.17, 15) is 4.79 Å². The molecule has 3 aliphatic rings. The zero-order valence-electron chi connectivity index (χ0n) is 15.2. The summed E-state index contributed by atoms with van der Waals surface area (Å²) in [6.45, 7) is 13.3. The van der Waals surface area contributed by atoms with E-state index in [0.717, 1.165) is 38.0 Å². The third-order valence-electron chi connectivity index (χ3n) is 7.46. The average Bonchev–Trinajstić information content (AvgIpc) is 3.05. The molecular formula is C20H32O3. The second-order valence-electron chi connectivity index (χ2n) is 9.06. The maximum atomic E-state index is 12.3. The Morgan fingerprint density at radius 1 is 1.13 bits per heavy atom. The molecule has 0 aromatic carbocycles. The minimum Gasteiger partial charge on any atom is -0.456 e. The summed E-state index contributed by atoms with van der Waals surface area (Å²) in [5, 5.41) is 0. The van der Waals surface area contributed by atoms with Crippen molar-refractivity contribution in [2.45, 2.75) is 84.3 Å². The first-order valence-electron chi connectivity index (χ1n) is 9.21. The molecule has 0 amide bonds. The van der Waals surface area contributed by atoms with Gasteiger partial charge in [-0.05, 0) is 68.6 Å². The van der Waals surface area contributed by atoms with Gasteiger partial charge in [0.25, 0.3) is 0 Å². The van der Waals surface area contributed by atoms with Crippen LogP contribution >= 0.6 is 0 Å². The van der Waals surface area contributed by atoms with Crippen LogP contribution in [-0.2, 0) is 14.3 Å². The van der Waals surface area contributed by atoms with Gasteiger partial charge < -0.3 is 9.47 Å². The fraction of sp³-hybridized carbons (Fsp3) is 0.850. The van der Waals surface area contributed by atoms with Gasteiger partial charge in [-0.3, -0.25) is 0 Å². The van der Waals surface area contributed by atoms with Crippen LogP contribution in [0.25, 0.3) is 0 Å². The molecule has 0 radical (unpaired) electrons. The Balaban J connectivity index is 1.53. The summed E-state index contributed by atoms with van der Waals surface area (Å²) < 4.78 is 11.8. The lowest BCUT2D eigenvalue weighted by Crippen LogP contribution is -2.38. The second-order valence-corrected chi connectivity index (χ2v) is 9.06. The highest BCUT2D eigenvalue weighted by Gasteiger charge is 2.61.